The monoisotopic (exact) mass is 251 g/mol. The number of carbonyl (C=O) groups excluding carboxylic acids is 1. The summed E-state index contributed by atoms with van der Waals surface area (Å²) in [5.41, 5.74) is 2.29. The SMILES string of the molecule is Cc1cc(C=O)c(C)n1-c1c(F)cccc1Cl. The van der Waals surface area contributed by atoms with Gasteiger partial charge in [-0.1, -0.05) is 17.7 Å². The van der Waals surface area contributed by atoms with Crippen LogP contribution in [-0.2, 0) is 0 Å². The molecule has 0 radical (unpaired) electrons. The van der Waals surface area contributed by atoms with E-state index in [2.05, 4.69) is 0 Å². The molecule has 0 N–H and O–H groups in total. The van der Waals surface area contributed by atoms with E-state index in [0.29, 0.717) is 16.3 Å². The van der Waals surface area contributed by atoms with Crippen molar-refractivity contribution in [2.45, 2.75) is 13.8 Å². The van der Waals surface area contributed by atoms with Crippen LogP contribution in [0.15, 0.2) is 24.3 Å². The summed E-state index contributed by atoms with van der Waals surface area (Å²) >= 11 is 6.01. The quantitative estimate of drug-likeness (QED) is 0.746. The Morgan fingerprint density at radius 3 is 2.59 bits per heavy atom. The number of benzene rings is 1. The molecule has 0 saturated carbocycles. The molecule has 0 spiro atoms. The molecule has 2 nitrogen and oxygen atoms in total. The summed E-state index contributed by atoms with van der Waals surface area (Å²) in [4.78, 5) is 10.9. The van der Waals surface area contributed by atoms with Gasteiger partial charge in [0.15, 0.2) is 6.29 Å². The van der Waals surface area contributed by atoms with Gasteiger partial charge in [-0.15, -0.1) is 0 Å². The Labute approximate surface area is 104 Å². The Kier molecular flexibility index (Phi) is 3.03. The number of carbonyl (C=O) groups is 1. The third-order valence-corrected chi connectivity index (χ3v) is 3.06. The first-order valence-corrected chi connectivity index (χ1v) is 5.52. The molecule has 0 saturated heterocycles. The standard InChI is InChI=1S/C13H11ClFNO/c1-8-6-10(7-17)9(2)16(8)13-11(14)4-3-5-12(13)15/h3-7H,1-2H3. The van der Waals surface area contributed by atoms with Gasteiger partial charge in [-0.2, -0.15) is 0 Å². The van der Waals surface area contributed by atoms with E-state index in [9.17, 15) is 9.18 Å². The fourth-order valence-electron chi connectivity index (χ4n) is 1.95. The first-order valence-electron chi connectivity index (χ1n) is 5.14. The van der Waals surface area contributed by atoms with Gasteiger partial charge >= 0.3 is 0 Å². The van der Waals surface area contributed by atoms with Crippen LogP contribution >= 0.6 is 11.6 Å². The van der Waals surface area contributed by atoms with Crippen molar-refractivity contribution < 1.29 is 9.18 Å². The fourth-order valence-corrected chi connectivity index (χ4v) is 2.20. The molecule has 2 aromatic rings. The Morgan fingerprint density at radius 2 is 2.06 bits per heavy atom. The van der Waals surface area contributed by atoms with E-state index >= 15 is 0 Å². The number of hydrogen-bond acceptors (Lipinski definition) is 1. The third-order valence-electron chi connectivity index (χ3n) is 2.76. The largest absolute Gasteiger partial charge is 0.314 e. The molecule has 17 heavy (non-hydrogen) atoms. The van der Waals surface area contributed by atoms with Crippen LogP contribution in [0.3, 0.4) is 0 Å². The molecule has 88 valence electrons. The van der Waals surface area contributed by atoms with Crippen molar-refractivity contribution in [3.8, 4) is 5.69 Å². The minimum atomic E-state index is -0.406. The zero-order valence-electron chi connectivity index (χ0n) is 9.50. The highest BCUT2D eigenvalue weighted by Crippen LogP contribution is 2.28. The highest BCUT2D eigenvalue weighted by molar-refractivity contribution is 6.32. The van der Waals surface area contributed by atoms with Crippen molar-refractivity contribution in [3.63, 3.8) is 0 Å². The van der Waals surface area contributed by atoms with E-state index in [1.165, 1.54) is 6.07 Å². The van der Waals surface area contributed by atoms with Crippen molar-refractivity contribution in [3.05, 3.63) is 52.1 Å². The van der Waals surface area contributed by atoms with E-state index in [0.717, 1.165) is 12.0 Å². The van der Waals surface area contributed by atoms with Crippen molar-refractivity contribution in [2.75, 3.05) is 0 Å². The van der Waals surface area contributed by atoms with Gasteiger partial charge in [-0.25, -0.2) is 4.39 Å². The predicted molar refractivity (Wildman–Crippen MR) is 65.6 cm³/mol. The number of aryl methyl sites for hydroxylation is 1. The Balaban J connectivity index is 2.77. The van der Waals surface area contributed by atoms with E-state index in [4.69, 9.17) is 11.6 Å². The Hall–Kier alpha value is -1.61. The second-order valence-electron chi connectivity index (χ2n) is 3.85. The summed E-state index contributed by atoms with van der Waals surface area (Å²) in [7, 11) is 0. The fraction of sp³-hybridized carbons (Fsp3) is 0.154. The summed E-state index contributed by atoms with van der Waals surface area (Å²) in [6, 6.07) is 6.24. The molecule has 0 aliphatic rings. The lowest BCUT2D eigenvalue weighted by Gasteiger charge is -2.12. The van der Waals surface area contributed by atoms with Crippen molar-refractivity contribution in [1.82, 2.24) is 4.57 Å². The average molecular weight is 252 g/mol. The number of hydrogen-bond donors (Lipinski definition) is 0. The second-order valence-corrected chi connectivity index (χ2v) is 4.26. The molecule has 0 amide bonds. The van der Waals surface area contributed by atoms with Gasteiger partial charge in [0.1, 0.15) is 11.5 Å². The smallest absolute Gasteiger partial charge is 0.151 e. The van der Waals surface area contributed by atoms with E-state index in [-0.39, 0.29) is 5.69 Å². The van der Waals surface area contributed by atoms with Crippen LogP contribution in [0.1, 0.15) is 21.7 Å². The molecule has 0 bridgehead atoms. The maximum atomic E-state index is 13.8. The predicted octanol–water partition coefficient (Wildman–Crippen LogP) is 3.70. The van der Waals surface area contributed by atoms with Crippen LogP contribution in [-0.4, -0.2) is 10.9 Å². The molecule has 1 heterocycles. The molecular weight excluding hydrogens is 241 g/mol. The van der Waals surface area contributed by atoms with Crippen molar-refractivity contribution >= 4 is 17.9 Å². The minimum absolute atomic E-state index is 0.289. The van der Waals surface area contributed by atoms with Crippen LogP contribution < -0.4 is 0 Å². The van der Waals surface area contributed by atoms with Crippen LogP contribution in [0.4, 0.5) is 4.39 Å². The zero-order valence-corrected chi connectivity index (χ0v) is 10.3. The summed E-state index contributed by atoms with van der Waals surface area (Å²) in [5, 5.41) is 0.323. The number of halogens is 2. The highest BCUT2D eigenvalue weighted by atomic mass is 35.5. The molecule has 1 aromatic carbocycles. The lowest BCUT2D eigenvalue weighted by Crippen LogP contribution is -2.03. The van der Waals surface area contributed by atoms with E-state index in [1.807, 2.05) is 6.92 Å². The molecule has 0 fully saturated rings. The Morgan fingerprint density at radius 1 is 1.35 bits per heavy atom. The number of aldehydes is 1. The van der Waals surface area contributed by atoms with Gasteiger partial charge in [0.25, 0.3) is 0 Å². The van der Waals surface area contributed by atoms with Gasteiger partial charge in [-0.3, -0.25) is 4.79 Å². The molecule has 0 atom stereocenters. The molecular formula is C13H11ClFNO. The van der Waals surface area contributed by atoms with Crippen molar-refractivity contribution in [2.24, 2.45) is 0 Å². The average Bonchev–Trinajstić information content (AvgIpc) is 2.56. The molecule has 0 unspecified atom stereocenters. The number of aromatic nitrogens is 1. The summed E-state index contributed by atoms with van der Waals surface area (Å²) in [6.45, 7) is 3.57. The van der Waals surface area contributed by atoms with Crippen LogP contribution in [0.5, 0.6) is 0 Å². The number of para-hydroxylation sites is 1. The lowest BCUT2D eigenvalue weighted by atomic mass is 10.2. The number of rotatable bonds is 2. The minimum Gasteiger partial charge on any atom is -0.314 e. The highest BCUT2D eigenvalue weighted by Gasteiger charge is 2.15. The van der Waals surface area contributed by atoms with Crippen LogP contribution in [0, 0.1) is 19.7 Å². The maximum absolute atomic E-state index is 13.8. The number of nitrogens with zero attached hydrogens (tertiary/aromatic N) is 1. The summed E-state index contributed by atoms with van der Waals surface area (Å²) < 4.78 is 15.5. The topological polar surface area (TPSA) is 22.0 Å². The van der Waals surface area contributed by atoms with Gasteiger partial charge in [0, 0.05) is 17.0 Å². The van der Waals surface area contributed by atoms with Crippen molar-refractivity contribution in [1.29, 1.82) is 0 Å². The molecule has 2 rings (SSSR count). The van der Waals surface area contributed by atoms with E-state index < -0.39 is 5.82 Å². The van der Waals surface area contributed by atoms with Gasteiger partial charge in [-0.05, 0) is 32.0 Å². The van der Waals surface area contributed by atoms with Crippen LogP contribution in [0.25, 0.3) is 5.69 Å². The van der Waals surface area contributed by atoms with Gasteiger partial charge in [0.2, 0.25) is 0 Å². The molecule has 4 heteroatoms. The van der Waals surface area contributed by atoms with Gasteiger partial charge < -0.3 is 4.57 Å². The summed E-state index contributed by atoms with van der Waals surface area (Å²) in [6.07, 6.45) is 0.758. The van der Waals surface area contributed by atoms with E-state index in [1.54, 1.807) is 29.7 Å². The third kappa shape index (κ3) is 1.87. The lowest BCUT2D eigenvalue weighted by molar-refractivity contribution is 0.112. The summed E-state index contributed by atoms with van der Waals surface area (Å²) in [5.74, 6) is -0.406. The Bertz CT molecular complexity index is 569. The van der Waals surface area contributed by atoms with Gasteiger partial charge in [0.05, 0.1) is 5.02 Å². The second kappa shape index (κ2) is 4.34. The first-order chi connectivity index (χ1) is 8.06. The zero-order chi connectivity index (χ0) is 12.6. The molecule has 0 aliphatic carbocycles. The molecule has 0 aliphatic heterocycles. The normalized spacial score (nSPS) is 10.6. The molecule has 1 aromatic heterocycles. The maximum Gasteiger partial charge on any atom is 0.151 e. The van der Waals surface area contributed by atoms with Crippen LogP contribution in [0.2, 0.25) is 5.02 Å². The first kappa shape index (κ1) is 11.9.